The van der Waals surface area contributed by atoms with E-state index in [0.29, 0.717) is 13.0 Å². The van der Waals surface area contributed by atoms with Gasteiger partial charge in [-0.1, -0.05) is 6.07 Å². The number of benzene rings is 1. The van der Waals surface area contributed by atoms with Crippen molar-refractivity contribution in [2.24, 2.45) is 0 Å². The van der Waals surface area contributed by atoms with Crippen LogP contribution in [0.25, 0.3) is 0 Å². The van der Waals surface area contributed by atoms with Gasteiger partial charge in [-0.2, -0.15) is 0 Å². The van der Waals surface area contributed by atoms with Crippen molar-refractivity contribution >= 4 is 29.7 Å². The van der Waals surface area contributed by atoms with E-state index in [1.165, 1.54) is 25.3 Å². The predicted octanol–water partition coefficient (Wildman–Crippen LogP) is -0.0378. The lowest BCUT2D eigenvalue weighted by atomic mass is 10.4. The molecule has 0 radical (unpaired) electrons. The summed E-state index contributed by atoms with van der Waals surface area (Å²) < 4.78 is 80.0. The van der Waals surface area contributed by atoms with Crippen LogP contribution in [-0.4, -0.2) is 62.3 Å². The first-order chi connectivity index (χ1) is 11.6. The van der Waals surface area contributed by atoms with E-state index in [9.17, 15) is 25.3 Å². The Labute approximate surface area is 148 Å². The lowest BCUT2D eigenvalue weighted by Gasteiger charge is -2.12. The molecule has 1 aromatic carbocycles. The molecule has 1 aliphatic heterocycles. The van der Waals surface area contributed by atoms with Gasteiger partial charge in [0.1, 0.15) is 0 Å². The highest BCUT2D eigenvalue weighted by Crippen LogP contribution is 2.26. The molecule has 1 aliphatic rings. The summed E-state index contributed by atoms with van der Waals surface area (Å²) >= 11 is 0. The summed E-state index contributed by atoms with van der Waals surface area (Å²) in [4.78, 5) is -0.360. The molecule has 0 spiro atoms. The van der Waals surface area contributed by atoms with E-state index in [0.717, 1.165) is 6.07 Å². The molecule has 0 bridgehead atoms. The molecule has 1 saturated heterocycles. The fraction of sp³-hybridized carbons (Fsp3) is 0.571. The molecule has 0 saturated carbocycles. The largest absolute Gasteiger partial charge is 0.385 e. The normalized spacial score (nSPS) is 20.6. The number of rotatable bonds is 8. The van der Waals surface area contributed by atoms with Gasteiger partial charge in [0.15, 0.2) is 19.7 Å². The van der Waals surface area contributed by atoms with Crippen LogP contribution in [0.5, 0.6) is 0 Å². The van der Waals surface area contributed by atoms with Crippen LogP contribution in [0.4, 0.5) is 0 Å². The van der Waals surface area contributed by atoms with E-state index >= 15 is 0 Å². The number of hydrogen-bond acceptors (Lipinski definition) is 7. The van der Waals surface area contributed by atoms with Crippen LogP contribution in [0.15, 0.2) is 34.1 Å². The van der Waals surface area contributed by atoms with Gasteiger partial charge in [-0.05, 0) is 31.0 Å². The SMILES string of the molecule is COCCCNS(=O)(=O)c1cccc(S(=O)(=O)[C@@H]2CCS(=O)(=O)C2)c1. The Morgan fingerprint density at radius 2 is 1.88 bits per heavy atom. The molecule has 1 heterocycles. The van der Waals surface area contributed by atoms with Crippen LogP contribution in [-0.2, 0) is 34.4 Å². The minimum Gasteiger partial charge on any atom is -0.385 e. The molecule has 25 heavy (non-hydrogen) atoms. The summed E-state index contributed by atoms with van der Waals surface area (Å²) in [5.74, 6) is -0.600. The zero-order chi connectivity index (χ0) is 18.7. The summed E-state index contributed by atoms with van der Waals surface area (Å²) in [6.07, 6.45) is 0.505. The Morgan fingerprint density at radius 3 is 2.48 bits per heavy atom. The summed E-state index contributed by atoms with van der Waals surface area (Å²) in [5.41, 5.74) is 0. The third-order valence-electron chi connectivity index (χ3n) is 3.89. The molecule has 2 rings (SSSR count). The molecule has 0 aromatic heterocycles. The predicted molar refractivity (Wildman–Crippen MR) is 92.4 cm³/mol. The number of sulfone groups is 2. The second kappa shape index (κ2) is 7.70. The molecular weight excluding hydrogens is 390 g/mol. The fourth-order valence-electron chi connectivity index (χ4n) is 2.52. The number of nitrogens with one attached hydrogen (secondary N) is 1. The first-order valence-corrected chi connectivity index (χ1v) is 12.5. The third-order valence-corrected chi connectivity index (χ3v) is 9.52. The maximum absolute atomic E-state index is 12.6. The average molecular weight is 412 g/mol. The van der Waals surface area contributed by atoms with E-state index in [2.05, 4.69) is 4.72 Å². The summed E-state index contributed by atoms with van der Waals surface area (Å²) in [5, 5.41) is -1.04. The van der Waals surface area contributed by atoms with Crippen molar-refractivity contribution in [1.29, 1.82) is 0 Å². The van der Waals surface area contributed by atoms with Crippen molar-refractivity contribution in [3.63, 3.8) is 0 Å². The molecule has 1 fully saturated rings. The Morgan fingerprint density at radius 1 is 1.20 bits per heavy atom. The van der Waals surface area contributed by atoms with Gasteiger partial charge in [0.25, 0.3) is 0 Å². The van der Waals surface area contributed by atoms with Crippen LogP contribution in [0.1, 0.15) is 12.8 Å². The van der Waals surface area contributed by atoms with Crippen molar-refractivity contribution in [3.8, 4) is 0 Å². The van der Waals surface area contributed by atoms with Crippen molar-refractivity contribution < 1.29 is 30.0 Å². The van der Waals surface area contributed by atoms with Crippen LogP contribution in [0.3, 0.4) is 0 Å². The van der Waals surface area contributed by atoms with Crippen molar-refractivity contribution in [1.82, 2.24) is 4.72 Å². The molecule has 0 aliphatic carbocycles. The van der Waals surface area contributed by atoms with Gasteiger partial charge in [0.2, 0.25) is 10.0 Å². The van der Waals surface area contributed by atoms with Gasteiger partial charge >= 0.3 is 0 Å². The second-order valence-electron chi connectivity index (χ2n) is 5.79. The first-order valence-electron chi connectivity index (χ1n) is 7.61. The quantitative estimate of drug-likeness (QED) is 0.595. The zero-order valence-corrected chi connectivity index (χ0v) is 16.2. The van der Waals surface area contributed by atoms with Crippen molar-refractivity contribution in [2.75, 3.05) is 31.8 Å². The summed E-state index contributed by atoms with van der Waals surface area (Å²) in [6.45, 7) is 0.557. The molecule has 1 N–H and O–H groups in total. The van der Waals surface area contributed by atoms with E-state index in [4.69, 9.17) is 4.74 Å². The molecule has 1 aromatic rings. The van der Waals surface area contributed by atoms with Gasteiger partial charge in [-0.15, -0.1) is 0 Å². The molecular formula is C14H21NO7S3. The average Bonchev–Trinajstić information content (AvgIpc) is 2.92. The highest BCUT2D eigenvalue weighted by molar-refractivity contribution is 7.96. The summed E-state index contributed by atoms with van der Waals surface area (Å²) in [6, 6.07) is 4.98. The highest BCUT2D eigenvalue weighted by atomic mass is 32.2. The van der Waals surface area contributed by atoms with Crippen LogP contribution >= 0.6 is 0 Å². The van der Waals surface area contributed by atoms with E-state index in [-0.39, 0.29) is 28.5 Å². The lowest BCUT2D eigenvalue weighted by Crippen LogP contribution is -2.26. The Bertz CT molecular complexity index is 921. The van der Waals surface area contributed by atoms with Gasteiger partial charge < -0.3 is 4.74 Å². The van der Waals surface area contributed by atoms with Crippen molar-refractivity contribution in [2.45, 2.75) is 27.9 Å². The maximum atomic E-state index is 12.6. The van der Waals surface area contributed by atoms with Crippen molar-refractivity contribution in [3.05, 3.63) is 24.3 Å². The first kappa shape index (κ1) is 20.3. The second-order valence-corrected chi connectivity index (χ2v) is 12.0. The maximum Gasteiger partial charge on any atom is 0.240 e. The summed E-state index contributed by atoms with van der Waals surface area (Å²) in [7, 11) is -9.63. The monoisotopic (exact) mass is 411 g/mol. The fourth-order valence-corrected chi connectivity index (χ4v) is 8.12. The molecule has 142 valence electrons. The Balaban J connectivity index is 2.23. The molecule has 11 heteroatoms. The van der Waals surface area contributed by atoms with E-state index < -0.39 is 40.7 Å². The van der Waals surface area contributed by atoms with Crippen LogP contribution < -0.4 is 4.72 Å². The smallest absolute Gasteiger partial charge is 0.240 e. The minimum atomic E-state index is -3.91. The number of hydrogen-bond donors (Lipinski definition) is 1. The van der Waals surface area contributed by atoms with Gasteiger partial charge in [0.05, 0.1) is 26.5 Å². The van der Waals surface area contributed by atoms with E-state index in [1.54, 1.807) is 0 Å². The number of ether oxygens (including phenoxy) is 1. The topological polar surface area (TPSA) is 124 Å². The standard InChI is InChI=1S/C14H21NO7S3/c1-22-8-3-7-15-25(20,21)13-5-2-4-12(10-13)24(18,19)14-6-9-23(16,17)11-14/h2,4-5,10,14-15H,3,6-9,11H2,1H3/t14-/m1/s1. The molecule has 1 atom stereocenters. The van der Waals surface area contributed by atoms with Crippen LogP contribution in [0.2, 0.25) is 0 Å². The number of methoxy groups -OCH3 is 1. The van der Waals surface area contributed by atoms with Gasteiger partial charge in [0, 0.05) is 20.3 Å². The number of sulfonamides is 1. The molecule has 0 amide bonds. The van der Waals surface area contributed by atoms with Crippen LogP contribution in [0, 0.1) is 0 Å². The minimum absolute atomic E-state index is 0.0247. The molecule has 0 unspecified atom stereocenters. The Hall–Kier alpha value is -1.01. The zero-order valence-electron chi connectivity index (χ0n) is 13.7. The Kier molecular flexibility index (Phi) is 6.26. The van der Waals surface area contributed by atoms with Gasteiger partial charge in [-0.25, -0.2) is 30.0 Å². The van der Waals surface area contributed by atoms with Gasteiger partial charge in [-0.3, -0.25) is 0 Å². The van der Waals surface area contributed by atoms with E-state index in [1.807, 2.05) is 0 Å². The third kappa shape index (κ3) is 5.00. The lowest BCUT2D eigenvalue weighted by molar-refractivity contribution is 0.196. The highest BCUT2D eigenvalue weighted by Gasteiger charge is 2.38. The molecule has 8 nitrogen and oxygen atoms in total.